The van der Waals surface area contributed by atoms with Gasteiger partial charge in [-0.1, -0.05) is 30.3 Å². The summed E-state index contributed by atoms with van der Waals surface area (Å²) in [6.45, 7) is 3.68. The first-order valence-corrected chi connectivity index (χ1v) is 6.46. The van der Waals surface area contributed by atoms with Gasteiger partial charge in [-0.2, -0.15) is 0 Å². The largest absolute Gasteiger partial charge is 0.468 e. The van der Waals surface area contributed by atoms with Gasteiger partial charge in [0.2, 0.25) is 0 Å². The Morgan fingerprint density at radius 3 is 2.00 bits per heavy atom. The molecular weight excluding hydrogens is 252 g/mol. The van der Waals surface area contributed by atoms with Crippen LogP contribution in [0.1, 0.15) is 19.4 Å². The number of hydrogen-bond acceptors (Lipinski definition) is 3. The van der Waals surface area contributed by atoms with E-state index < -0.39 is 5.41 Å². The van der Waals surface area contributed by atoms with E-state index in [-0.39, 0.29) is 5.97 Å². The van der Waals surface area contributed by atoms with E-state index in [1.165, 1.54) is 7.11 Å². The number of benzene rings is 2. The van der Waals surface area contributed by atoms with Crippen molar-refractivity contribution in [1.82, 2.24) is 0 Å². The van der Waals surface area contributed by atoms with Crippen LogP contribution in [0.4, 0.5) is 0 Å². The highest BCUT2D eigenvalue weighted by molar-refractivity contribution is 5.82. The lowest BCUT2D eigenvalue weighted by Gasteiger charge is -2.22. The maximum atomic E-state index is 11.8. The second kappa shape index (κ2) is 5.78. The van der Waals surface area contributed by atoms with Crippen LogP contribution in [0.15, 0.2) is 54.6 Å². The van der Waals surface area contributed by atoms with Crippen LogP contribution in [0, 0.1) is 0 Å². The molecule has 0 spiro atoms. The third-order valence-electron chi connectivity index (χ3n) is 3.25. The van der Waals surface area contributed by atoms with Crippen LogP contribution in [0.5, 0.6) is 11.5 Å². The first kappa shape index (κ1) is 14.1. The van der Waals surface area contributed by atoms with E-state index in [0.717, 1.165) is 17.1 Å². The molecule has 0 amide bonds. The van der Waals surface area contributed by atoms with E-state index >= 15 is 0 Å². The summed E-state index contributed by atoms with van der Waals surface area (Å²) in [5.74, 6) is 1.27. The van der Waals surface area contributed by atoms with Crippen molar-refractivity contribution in [2.45, 2.75) is 19.3 Å². The Balaban J connectivity index is 2.16. The Morgan fingerprint density at radius 2 is 1.45 bits per heavy atom. The first-order chi connectivity index (χ1) is 9.54. The van der Waals surface area contributed by atoms with Crippen LogP contribution in [0.2, 0.25) is 0 Å². The van der Waals surface area contributed by atoms with Gasteiger partial charge in [0, 0.05) is 0 Å². The third-order valence-corrected chi connectivity index (χ3v) is 3.25. The minimum atomic E-state index is -0.667. The van der Waals surface area contributed by atoms with Gasteiger partial charge in [-0.15, -0.1) is 0 Å². The Labute approximate surface area is 119 Å². The number of carbonyl (C=O) groups excluding carboxylic acids is 1. The fourth-order valence-corrected chi connectivity index (χ4v) is 1.94. The third kappa shape index (κ3) is 2.99. The molecule has 0 heterocycles. The Bertz CT molecular complexity index is 571. The van der Waals surface area contributed by atoms with Gasteiger partial charge in [0.1, 0.15) is 11.5 Å². The van der Waals surface area contributed by atoms with E-state index in [4.69, 9.17) is 9.47 Å². The fourth-order valence-electron chi connectivity index (χ4n) is 1.94. The van der Waals surface area contributed by atoms with Gasteiger partial charge in [-0.25, -0.2) is 0 Å². The number of para-hydroxylation sites is 1. The summed E-state index contributed by atoms with van der Waals surface area (Å²) >= 11 is 0. The number of rotatable bonds is 4. The van der Waals surface area contributed by atoms with Crippen molar-refractivity contribution >= 4 is 5.97 Å². The average molecular weight is 270 g/mol. The number of ether oxygens (including phenoxy) is 2. The first-order valence-electron chi connectivity index (χ1n) is 6.46. The van der Waals surface area contributed by atoms with Crippen LogP contribution in [0.3, 0.4) is 0 Å². The highest BCUT2D eigenvalue weighted by atomic mass is 16.5. The summed E-state index contributed by atoms with van der Waals surface area (Å²) in [5.41, 5.74) is 0.227. The average Bonchev–Trinajstić information content (AvgIpc) is 2.48. The van der Waals surface area contributed by atoms with Crippen LogP contribution in [-0.2, 0) is 14.9 Å². The molecule has 3 heteroatoms. The Morgan fingerprint density at radius 1 is 0.900 bits per heavy atom. The van der Waals surface area contributed by atoms with Gasteiger partial charge in [0.05, 0.1) is 12.5 Å². The number of carbonyl (C=O) groups is 1. The molecule has 0 aromatic heterocycles. The second-order valence-corrected chi connectivity index (χ2v) is 5.06. The molecule has 20 heavy (non-hydrogen) atoms. The highest BCUT2D eigenvalue weighted by Crippen LogP contribution is 2.28. The van der Waals surface area contributed by atoms with Crippen molar-refractivity contribution < 1.29 is 14.3 Å². The van der Waals surface area contributed by atoms with E-state index in [1.54, 1.807) is 0 Å². The molecule has 2 aromatic rings. The summed E-state index contributed by atoms with van der Waals surface area (Å²) in [4.78, 5) is 11.8. The molecule has 2 rings (SSSR count). The molecule has 104 valence electrons. The summed E-state index contributed by atoms with van der Waals surface area (Å²) in [5, 5.41) is 0. The summed E-state index contributed by atoms with van der Waals surface area (Å²) in [6, 6.07) is 17.0. The number of esters is 1. The molecule has 0 N–H and O–H groups in total. The lowest BCUT2D eigenvalue weighted by molar-refractivity contribution is -0.146. The van der Waals surface area contributed by atoms with Crippen LogP contribution in [-0.4, -0.2) is 13.1 Å². The maximum absolute atomic E-state index is 11.8. The van der Waals surface area contributed by atoms with Crippen molar-refractivity contribution in [3.8, 4) is 11.5 Å². The number of methoxy groups -OCH3 is 1. The van der Waals surface area contributed by atoms with Crippen molar-refractivity contribution in [2.24, 2.45) is 0 Å². The van der Waals surface area contributed by atoms with Crippen molar-refractivity contribution in [3.05, 3.63) is 60.2 Å². The molecule has 0 atom stereocenters. The van der Waals surface area contributed by atoms with E-state index in [0.29, 0.717) is 0 Å². The van der Waals surface area contributed by atoms with Crippen molar-refractivity contribution in [3.63, 3.8) is 0 Å². The standard InChI is InChI=1S/C17H18O3/c1-17(2,16(18)19-3)13-9-11-15(12-10-13)20-14-7-5-4-6-8-14/h4-12H,1-3H3. The Kier molecular flexibility index (Phi) is 4.08. The van der Waals surface area contributed by atoms with Crippen LogP contribution < -0.4 is 4.74 Å². The second-order valence-electron chi connectivity index (χ2n) is 5.06. The lowest BCUT2D eigenvalue weighted by Crippen LogP contribution is -2.30. The van der Waals surface area contributed by atoms with Crippen molar-refractivity contribution in [2.75, 3.05) is 7.11 Å². The summed E-state index contributed by atoms with van der Waals surface area (Å²) in [6.07, 6.45) is 0. The van der Waals surface area contributed by atoms with Crippen LogP contribution >= 0.6 is 0 Å². The summed E-state index contributed by atoms with van der Waals surface area (Å²) < 4.78 is 10.5. The Hall–Kier alpha value is -2.29. The van der Waals surface area contributed by atoms with Crippen molar-refractivity contribution in [1.29, 1.82) is 0 Å². The maximum Gasteiger partial charge on any atom is 0.315 e. The molecule has 0 saturated carbocycles. The number of hydrogen-bond donors (Lipinski definition) is 0. The predicted molar refractivity (Wildman–Crippen MR) is 78.0 cm³/mol. The lowest BCUT2D eigenvalue weighted by atomic mass is 9.85. The van der Waals surface area contributed by atoms with E-state index in [1.807, 2.05) is 68.4 Å². The molecule has 0 unspecified atom stereocenters. The van der Waals surface area contributed by atoms with Gasteiger partial charge in [-0.05, 0) is 43.7 Å². The molecule has 0 saturated heterocycles. The zero-order valence-corrected chi connectivity index (χ0v) is 11.9. The van der Waals surface area contributed by atoms with Crippen LogP contribution in [0.25, 0.3) is 0 Å². The minimum Gasteiger partial charge on any atom is -0.468 e. The molecule has 2 aromatic carbocycles. The fraction of sp³-hybridized carbons (Fsp3) is 0.235. The van der Waals surface area contributed by atoms with E-state index in [9.17, 15) is 4.79 Å². The SMILES string of the molecule is COC(=O)C(C)(C)c1ccc(Oc2ccccc2)cc1. The van der Waals surface area contributed by atoms with Gasteiger partial charge < -0.3 is 9.47 Å². The zero-order valence-electron chi connectivity index (χ0n) is 11.9. The quantitative estimate of drug-likeness (QED) is 0.790. The van der Waals surface area contributed by atoms with E-state index in [2.05, 4.69) is 0 Å². The molecule has 0 fully saturated rings. The molecule has 0 aliphatic carbocycles. The monoisotopic (exact) mass is 270 g/mol. The van der Waals surface area contributed by atoms with Gasteiger partial charge in [0.15, 0.2) is 0 Å². The zero-order chi connectivity index (χ0) is 14.6. The topological polar surface area (TPSA) is 35.5 Å². The van der Waals surface area contributed by atoms with Gasteiger partial charge >= 0.3 is 5.97 Å². The molecule has 0 radical (unpaired) electrons. The highest BCUT2D eigenvalue weighted by Gasteiger charge is 2.30. The molecular formula is C17H18O3. The summed E-state index contributed by atoms with van der Waals surface area (Å²) in [7, 11) is 1.40. The predicted octanol–water partition coefficient (Wildman–Crippen LogP) is 3.93. The van der Waals surface area contributed by atoms with Gasteiger partial charge in [0.25, 0.3) is 0 Å². The smallest absolute Gasteiger partial charge is 0.315 e. The van der Waals surface area contributed by atoms with Gasteiger partial charge in [-0.3, -0.25) is 4.79 Å². The molecule has 0 aliphatic heterocycles. The molecule has 0 bridgehead atoms. The molecule has 0 aliphatic rings. The molecule has 3 nitrogen and oxygen atoms in total. The minimum absolute atomic E-state index is 0.255. The normalized spacial score (nSPS) is 10.9.